The first kappa shape index (κ1) is 23.8. The van der Waals surface area contributed by atoms with E-state index in [1.54, 1.807) is 0 Å². The summed E-state index contributed by atoms with van der Waals surface area (Å²) in [7, 11) is 2.22. The number of aromatic nitrogens is 1. The van der Waals surface area contributed by atoms with Crippen molar-refractivity contribution < 1.29 is 9.53 Å². The molecule has 0 amide bonds. The summed E-state index contributed by atoms with van der Waals surface area (Å²) in [5.74, 6) is -0.219. The number of hydrogen-bond donors (Lipinski definition) is 0. The van der Waals surface area contributed by atoms with Crippen LogP contribution in [0.2, 0.25) is 6.32 Å². The molecule has 0 saturated heterocycles. The monoisotopic (exact) mass is 426 g/mol. The van der Waals surface area contributed by atoms with Gasteiger partial charge in [0.05, 0.1) is 5.41 Å². The van der Waals surface area contributed by atoms with Crippen molar-refractivity contribution in [2.45, 2.75) is 58.3 Å². The SMILES string of the molecule is CCC(C)([B]CC(C)(C)C(=O)OC(C)(c1ccccc1)c1ccccc1)c1ccccn1. The quantitative estimate of drug-likeness (QED) is 0.295. The van der Waals surface area contributed by atoms with Gasteiger partial charge in [-0.25, -0.2) is 0 Å². The number of pyridine rings is 1. The highest BCUT2D eigenvalue weighted by Crippen LogP contribution is 2.38. The Kier molecular flexibility index (Phi) is 7.23. The fraction of sp³-hybridized carbons (Fsp3) is 0.357. The molecule has 0 aliphatic rings. The van der Waals surface area contributed by atoms with E-state index in [-0.39, 0.29) is 11.3 Å². The van der Waals surface area contributed by atoms with Gasteiger partial charge in [0.15, 0.2) is 5.60 Å². The molecule has 32 heavy (non-hydrogen) atoms. The van der Waals surface area contributed by atoms with Crippen LogP contribution in [0.1, 0.15) is 57.9 Å². The number of ether oxygens (including phenoxy) is 1. The highest BCUT2D eigenvalue weighted by Gasteiger charge is 2.40. The minimum Gasteiger partial charge on any atom is -0.449 e. The molecule has 1 radical (unpaired) electrons. The van der Waals surface area contributed by atoms with Crippen molar-refractivity contribution in [3.8, 4) is 0 Å². The van der Waals surface area contributed by atoms with Crippen LogP contribution in [0, 0.1) is 5.41 Å². The molecule has 3 nitrogen and oxygen atoms in total. The van der Waals surface area contributed by atoms with E-state index in [9.17, 15) is 4.79 Å². The van der Waals surface area contributed by atoms with Crippen molar-refractivity contribution in [1.29, 1.82) is 0 Å². The van der Waals surface area contributed by atoms with Crippen LogP contribution in [-0.4, -0.2) is 18.2 Å². The molecule has 0 fully saturated rings. The van der Waals surface area contributed by atoms with E-state index < -0.39 is 11.0 Å². The van der Waals surface area contributed by atoms with E-state index in [1.165, 1.54) is 0 Å². The minimum absolute atomic E-state index is 0.207. The second-order valence-corrected chi connectivity index (χ2v) is 9.43. The van der Waals surface area contributed by atoms with E-state index in [0.29, 0.717) is 6.32 Å². The van der Waals surface area contributed by atoms with Crippen molar-refractivity contribution in [3.05, 3.63) is 102 Å². The van der Waals surface area contributed by atoms with Crippen LogP contribution in [0.3, 0.4) is 0 Å². The summed E-state index contributed by atoms with van der Waals surface area (Å²) in [6.07, 6.45) is 3.31. The smallest absolute Gasteiger partial charge is 0.312 e. The predicted molar refractivity (Wildman–Crippen MR) is 132 cm³/mol. The topological polar surface area (TPSA) is 39.2 Å². The summed E-state index contributed by atoms with van der Waals surface area (Å²) in [4.78, 5) is 18.1. The highest BCUT2D eigenvalue weighted by atomic mass is 16.6. The Labute approximate surface area is 193 Å². The fourth-order valence-electron chi connectivity index (χ4n) is 3.81. The van der Waals surface area contributed by atoms with Crippen molar-refractivity contribution in [3.63, 3.8) is 0 Å². The third-order valence-corrected chi connectivity index (χ3v) is 6.55. The zero-order chi connectivity index (χ0) is 23.2. The Morgan fingerprint density at radius 2 is 1.38 bits per heavy atom. The maximum atomic E-state index is 13.5. The van der Waals surface area contributed by atoms with Crippen LogP contribution < -0.4 is 0 Å². The van der Waals surface area contributed by atoms with Crippen molar-refractivity contribution in [1.82, 2.24) is 4.98 Å². The summed E-state index contributed by atoms with van der Waals surface area (Å²) >= 11 is 0. The summed E-state index contributed by atoms with van der Waals surface area (Å²) in [6.45, 7) is 10.2. The number of nitrogens with zero attached hydrogens (tertiary/aromatic N) is 1. The predicted octanol–water partition coefficient (Wildman–Crippen LogP) is 6.36. The zero-order valence-corrected chi connectivity index (χ0v) is 19.8. The first-order valence-electron chi connectivity index (χ1n) is 11.3. The Morgan fingerprint density at radius 1 is 0.844 bits per heavy atom. The Balaban J connectivity index is 1.83. The molecule has 2 aromatic carbocycles. The number of carbonyl (C=O) groups is 1. The number of esters is 1. The van der Waals surface area contributed by atoms with Gasteiger partial charge in [-0.05, 0) is 35.5 Å². The van der Waals surface area contributed by atoms with Crippen LogP contribution in [0.15, 0.2) is 85.1 Å². The summed E-state index contributed by atoms with van der Waals surface area (Å²) in [6, 6.07) is 25.9. The Hall–Kier alpha value is -2.88. The first-order valence-corrected chi connectivity index (χ1v) is 11.3. The van der Waals surface area contributed by atoms with Crippen molar-refractivity contribution in [2.75, 3.05) is 0 Å². The van der Waals surface area contributed by atoms with Crippen LogP contribution in [-0.2, 0) is 20.4 Å². The molecule has 1 heterocycles. The van der Waals surface area contributed by atoms with Crippen LogP contribution in [0.5, 0.6) is 0 Å². The second kappa shape index (κ2) is 9.73. The average molecular weight is 426 g/mol. The molecule has 1 unspecified atom stereocenters. The van der Waals surface area contributed by atoms with E-state index in [4.69, 9.17) is 4.74 Å². The molecule has 0 saturated carbocycles. The standard InChI is InChI=1S/C28H33BNO2/c1-6-27(4,24-19-13-14-20-30-24)29-21-26(2,3)25(31)32-28(5,22-15-9-7-10-16-22)23-17-11-8-12-18-23/h7-20H,6,21H2,1-5H3. The highest BCUT2D eigenvalue weighted by molar-refractivity contribution is 6.40. The normalized spacial score (nSPS) is 13.8. The van der Waals surface area contributed by atoms with Gasteiger partial charge in [-0.3, -0.25) is 9.78 Å². The largest absolute Gasteiger partial charge is 0.449 e. The van der Waals surface area contributed by atoms with Gasteiger partial charge in [0.2, 0.25) is 0 Å². The van der Waals surface area contributed by atoms with Gasteiger partial charge < -0.3 is 4.74 Å². The lowest BCUT2D eigenvalue weighted by Gasteiger charge is -2.36. The van der Waals surface area contributed by atoms with Crippen molar-refractivity contribution >= 4 is 13.2 Å². The minimum atomic E-state index is -0.869. The molecule has 165 valence electrons. The van der Waals surface area contributed by atoms with Gasteiger partial charge in [0.1, 0.15) is 7.28 Å². The van der Waals surface area contributed by atoms with Gasteiger partial charge in [0, 0.05) is 11.9 Å². The Morgan fingerprint density at radius 3 is 1.84 bits per heavy atom. The Bertz CT molecular complexity index is 966. The molecular formula is C28H33BNO2. The van der Waals surface area contributed by atoms with E-state index in [2.05, 4.69) is 26.1 Å². The number of hydrogen-bond acceptors (Lipinski definition) is 3. The average Bonchev–Trinajstić information content (AvgIpc) is 2.84. The third kappa shape index (κ3) is 5.12. The second-order valence-electron chi connectivity index (χ2n) is 9.43. The number of rotatable bonds is 9. The van der Waals surface area contributed by atoms with E-state index in [1.807, 2.05) is 106 Å². The molecule has 3 rings (SSSR count). The fourth-order valence-corrected chi connectivity index (χ4v) is 3.81. The molecule has 4 heteroatoms. The van der Waals surface area contributed by atoms with Crippen LogP contribution in [0.4, 0.5) is 0 Å². The molecule has 0 aliphatic carbocycles. The van der Waals surface area contributed by atoms with Gasteiger partial charge in [0.25, 0.3) is 0 Å². The molecule has 0 bridgehead atoms. The van der Waals surface area contributed by atoms with Gasteiger partial charge >= 0.3 is 5.97 Å². The first-order chi connectivity index (χ1) is 15.2. The van der Waals surface area contributed by atoms with E-state index >= 15 is 0 Å². The van der Waals surface area contributed by atoms with Gasteiger partial charge in [-0.1, -0.05) is 107 Å². The maximum Gasteiger partial charge on any atom is 0.312 e. The van der Waals surface area contributed by atoms with Gasteiger partial charge in [-0.15, -0.1) is 0 Å². The molecule has 0 aliphatic heterocycles. The lowest BCUT2D eigenvalue weighted by atomic mass is 9.45. The molecule has 0 N–H and O–H groups in total. The maximum absolute atomic E-state index is 13.5. The van der Waals surface area contributed by atoms with Gasteiger partial charge in [-0.2, -0.15) is 0 Å². The number of benzene rings is 2. The number of carbonyl (C=O) groups excluding carboxylic acids is 1. The zero-order valence-electron chi connectivity index (χ0n) is 19.8. The molecule has 1 atom stereocenters. The summed E-state index contributed by atoms with van der Waals surface area (Å²) < 4.78 is 6.30. The summed E-state index contributed by atoms with van der Waals surface area (Å²) in [5, 5.41) is -0.207. The molecule has 1 aromatic heterocycles. The van der Waals surface area contributed by atoms with Crippen LogP contribution in [0.25, 0.3) is 0 Å². The molecule has 0 spiro atoms. The van der Waals surface area contributed by atoms with Crippen LogP contribution >= 0.6 is 0 Å². The third-order valence-electron chi connectivity index (χ3n) is 6.55. The van der Waals surface area contributed by atoms with Crippen molar-refractivity contribution in [2.24, 2.45) is 5.41 Å². The lowest BCUT2D eigenvalue weighted by Crippen LogP contribution is -2.40. The lowest BCUT2D eigenvalue weighted by molar-refractivity contribution is -0.165. The van der Waals surface area contributed by atoms with E-state index in [0.717, 1.165) is 23.2 Å². The molecular weight excluding hydrogens is 393 g/mol. The molecule has 3 aromatic rings. The summed E-state index contributed by atoms with van der Waals surface area (Å²) in [5.41, 5.74) is 1.37.